The van der Waals surface area contributed by atoms with Crippen molar-refractivity contribution in [3.05, 3.63) is 88.4 Å². The molecule has 4 rings (SSSR count). The zero-order chi connectivity index (χ0) is 24.9. The van der Waals surface area contributed by atoms with Gasteiger partial charge in [0.2, 0.25) is 5.91 Å². The lowest BCUT2D eigenvalue weighted by atomic mass is 10.1. The Morgan fingerprint density at radius 2 is 1.89 bits per heavy atom. The van der Waals surface area contributed by atoms with Crippen LogP contribution in [0.25, 0.3) is 0 Å². The van der Waals surface area contributed by atoms with Crippen molar-refractivity contribution in [3.8, 4) is 11.5 Å². The standard InChI is InChI=1S/C27H25ClN2O5/c1-17-12-21(9-10-22(17)28)34-15-24(31)20-8-11-25-23(13-20)30(27(33)16-35-25)14-26(32)29-18(2)19-6-4-3-5-7-19/h3-13,18H,14-16H2,1-2H3,(H,29,32)/t18-/m1/s1. The molecule has 8 heteroatoms. The molecule has 0 fully saturated rings. The molecule has 180 valence electrons. The first kappa shape index (κ1) is 24.3. The number of fused-ring (bicyclic) bond motifs is 1. The van der Waals surface area contributed by atoms with Crippen molar-refractivity contribution in [2.75, 3.05) is 24.7 Å². The summed E-state index contributed by atoms with van der Waals surface area (Å²) < 4.78 is 11.1. The van der Waals surface area contributed by atoms with Crippen LogP contribution >= 0.6 is 11.6 Å². The van der Waals surface area contributed by atoms with E-state index in [1.165, 1.54) is 4.90 Å². The van der Waals surface area contributed by atoms with Crippen LogP contribution in [0.5, 0.6) is 11.5 Å². The summed E-state index contributed by atoms with van der Waals surface area (Å²) in [6.45, 7) is 3.17. The van der Waals surface area contributed by atoms with Gasteiger partial charge in [0.25, 0.3) is 5.91 Å². The first-order valence-corrected chi connectivity index (χ1v) is 11.5. The molecule has 0 saturated carbocycles. The van der Waals surface area contributed by atoms with Gasteiger partial charge in [0.15, 0.2) is 19.0 Å². The average molecular weight is 493 g/mol. The molecule has 3 aromatic rings. The summed E-state index contributed by atoms with van der Waals surface area (Å²) in [6, 6.07) is 19.3. The van der Waals surface area contributed by atoms with Gasteiger partial charge in [-0.3, -0.25) is 19.3 Å². The molecule has 0 spiro atoms. The van der Waals surface area contributed by atoms with Crippen molar-refractivity contribution in [1.29, 1.82) is 0 Å². The topological polar surface area (TPSA) is 84.9 Å². The molecule has 1 atom stereocenters. The fourth-order valence-electron chi connectivity index (χ4n) is 3.74. The van der Waals surface area contributed by atoms with Gasteiger partial charge >= 0.3 is 0 Å². The Morgan fingerprint density at radius 3 is 2.63 bits per heavy atom. The third-order valence-corrected chi connectivity index (χ3v) is 6.13. The Hall–Kier alpha value is -3.84. The number of ketones is 1. The van der Waals surface area contributed by atoms with Crippen molar-refractivity contribution < 1.29 is 23.9 Å². The SMILES string of the molecule is Cc1cc(OCC(=O)c2ccc3c(c2)N(CC(=O)N[C@H](C)c2ccccc2)C(=O)CO3)ccc1Cl. The number of hydrogen-bond acceptors (Lipinski definition) is 5. The van der Waals surface area contributed by atoms with Crippen LogP contribution < -0.4 is 19.7 Å². The number of amides is 2. The summed E-state index contributed by atoms with van der Waals surface area (Å²) in [5.74, 6) is 0.000565. The molecule has 0 aromatic heterocycles. The highest BCUT2D eigenvalue weighted by Crippen LogP contribution is 2.33. The molecule has 1 aliphatic rings. The van der Waals surface area contributed by atoms with Crippen LogP contribution in [0.3, 0.4) is 0 Å². The average Bonchev–Trinajstić information content (AvgIpc) is 2.86. The number of rotatable bonds is 8. The van der Waals surface area contributed by atoms with Gasteiger partial charge in [0.1, 0.15) is 18.0 Å². The number of halogens is 1. The molecule has 1 aliphatic heterocycles. The van der Waals surface area contributed by atoms with Crippen LogP contribution in [-0.2, 0) is 9.59 Å². The predicted molar refractivity (Wildman–Crippen MR) is 133 cm³/mol. The van der Waals surface area contributed by atoms with Gasteiger partial charge in [-0.1, -0.05) is 41.9 Å². The quantitative estimate of drug-likeness (QED) is 0.467. The van der Waals surface area contributed by atoms with Crippen molar-refractivity contribution in [2.24, 2.45) is 0 Å². The lowest BCUT2D eigenvalue weighted by Gasteiger charge is -2.29. The number of carbonyl (C=O) groups is 3. The lowest BCUT2D eigenvalue weighted by molar-refractivity contribution is -0.125. The zero-order valence-corrected chi connectivity index (χ0v) is 20.2. The van der Waals surface area contributed by atoms with Crippen LogP contribution in [0.4, 0.5) is 5.69 Å². The minimum absolute atomic E-state index is 0.180. The van der Waals surface area contributed by atoms with E-state index in [4.69, 9.17) is 21.1 Å². The predicted octanol–water partition coefficient (Wildman–Crippen LogP) is 4.51. The molecule has 0 unspecified atom stereocenters. The van der Waals surface area contributed by atoms with E-state index in [9.17, 15) is 14.4 Å². The normalized spacial score (nSPS) is 13.5. The molecule has 1 heterocycles. The first-order chi connectivity index (χ1) is 16.8. The van der Waals surface area contributed by atoms with Crippen molar-refractivity contribution in [3.63, 3.8) is 0 Å². The van der Waals surface area contributed by atoms with Crippen LogP contribution in [0.15, 0.2) is 66.7 Å². The van der Waals surface area contributed by atoms with Gasteiger partial charge in [0, 0.05) is 10.6 Å². The molecule has 7 nitrogen and oxygen atoms in total. The maximum absolute atomic E-state index is 12.8. The Balaban J connectivity index is 1.46. The van der Waals surface area contributed by atoms with Crippen molar-refractivity contribution >= 4 is 34.9 Å². The largest absolute Gasteiger partial charge is 0.485 e. The van der Waals surface area contributed by atoms with Gasteiger partial charge in [-0.15, -0.1) is 0 Å². The molecule has 35 heavy (non-hydrogen) atoms. The number of carbonyl (C=O) groups excluding carboxylic acids is 3. The summed E-state index contributed by atoms with van der Waals surface area (Å²) in [5, 5.41) is 3.53. The molecular formula is C27H25ClN2O5. The summed E-state index contributed by atoms with van der Waals surface area (Å²) >= 11 is 6.03. The van der Waals surface area contributed by atoms with E-state index in [0.29, 0.717) is 27.8 Å². The number of aryl methyl sites for hydroxylation is 1. The van der Waals surface area contributed by atoms with E-state index in [-0.39, 0.29) is 43.4 Å². The van der Waals surface area contributed by atoms with E-state index in [1.54, 1.807) is 36.4 Å². The number of ether oxygens (including phenoxy) is 2. The van der Waals surface area contributed by atoms with Gasteiger partial charge in [-0.2, -0.15) is 0 Å². The number of hydrogen-bond donors (Lipinski definition) is 1. The molecule has 0 radical (unpaired) electrons. The molecule has 0 bridgehead atoms. The van der Waals surface area contributed by atoms with Crippen LogP contribution in [0, 0.1) is 6.92 Å². The molecule has 2 amide bonds. The summed E-state index contributed by atoms with van der Waals surface area (Å²) in [7, 11) is 0. The van der Waals surface area contributed by atoms with Crippen molar-refractivity contribution in [2.45, 2.75) is 19.9 Å². The second-order valence-electron chi connectivity index (χ2n) is 8.27. The minimum atomic E-state index is -0.363. The van der Waals surface area contributed by atoms with E-state index in [1.807, 2.05) is 44.2 Å². The monoisotopic (exact) mass is 492 g/mol. The summed E-state index contributed by atoms with van der Waals surface area (Å²) in [6.07, 6.45) is 0. The third kappa shape index (κ3) is 5.81. The second-order valence-corrected chi connectivity index (χ2v) is 8.68. The fourth-order valence-corrected chi connectivity index (χ4v) is 3.86. The maximum Gasteiger partial charge on any atom is 0.265 e. The molecule has 1 N–H and O–H groups in total. The lowest BCUT2D eigenvalue weighted by Crippen LogP contribution is -2.45. The number of Topliss-reactive ketones (excluding diaryl/α,β-unsaturated/α-hetero) is 1. The number of nitrogens with zero attached hydrogens (tertiary/aromatic N) is 1. The maximum atomic E-state index is 12.8. The highest BCUT2D eigenvalue weighted by atomic mass is 35.5. The van der Waals surface area contributed by atoms with E-state index in [0.717, 1.165) is 11.1 Å². The second kappa shape index (κ2) is 10.6. The highest BCUT2D eigenvalue weighted by Gasteiger charge is 2.28. The first-order valence-electron chi connectivity index (χ1n) is 11.2. The van der Waals surface area contributed by atoms with Crippen LogP contribution in [0.1, 0.15) is 34.5 Å². The van der Waals surface area contributed by atoms with E-state index in [2.05, 4.69) is 5.32 Å². The number of benzene rings is 3. The Bertz CT molecular complexity index is 1260. The van der Waals surface area contributed by atoms with E-state index < -0.39 is 0 Å². The number of nitrogens with one attached hydrogen (secondary N) is 1. The van der Waals surface area contributed by atoms with Gasteiger partial charge in [-0.25, -0.2) is 0 Å². The Kier molecular flexibility index (Phi) is 7.36. The highest BCUT2D eigenvalue weighted by molar-refractivity contribution is 6.31. The van der Waals surface area contributed by atoms with Gasteiger partial charge in [0.05, 0.1) is 11.7 Å². The molecule has 3 aromatic carbocycles. The molecular weight excluding hydrogens is 468 g/mol. The minimum Gasteiger partial charge on any atom is -0.485 e. The Morgan fingerprint density at radius 1 is 1.11 bits per heavy atom. The molecule has 0 aliphatic carbocycles. The van der Waals surface area contributed by atoms with Crippen LogP contribution in [-0.4, -0.2) is 37.4 Å². The number of anilines is 1. The van der Waals surface area contributed by atoms with Gasteiger partial charge in [-0.05, 0) is 61.4 Å². The fraction of sp³-hybridized carbons (Fsp3) is 0.222. The smallest absolute Gasteiger partial charge is 0.265 e. The summed E-state index contributed by atoms with van der Waals surface area (Å²) in [5.41, 5.74) is 2.52. The van der Waals surface area contributed by atoms with Crippen LogP contribution in [0.2, 0.25) is 5.02 Å². The zero-order valence-electron chi connectivity index (χ0n) is 19.4. The Labute approximate surface area is 208 Å². The van der Waals surface area contributed by atoms with Gasteiger partial charge < -0.3 is 14.8 Å². The third-order valence-electron chi connectivity index (χ3n) is 5.70. The molecule has 0 saturated heterocycles. The summed E-state index contributed by atoms with van der Waals surface area (Å²) in [4.78, 5) is 39.5. The van der Waals surface area contributed by atoms with E-state index >= 15 is 0 Å². The van der Waals surface area contributed by atoms with Crippen molar-refractivity contribution in [1.82, 2.24) is 5.32 Å².